The highest BCUT2D eigenvalue weighted by atomic mass is 16.3. The minimum absolute atomic E-state index is 0.0756. The lowest BCUT2D eigenvalue weighted by Crippen LogP contribution is -2.44. The third-order valence-electron chi connectivity index (χ3n) is 5.81. The molecule has 1 N–H and O–H groups in total. The first-order chi connectivity index (χ1) is 14.9. The highest BCUT2D eigenvalue weighted by Crippen LogP contribution is 2.26. The van der Waals surface area contributed by atoms with Crippen LogP contribution in [-0.4, -0.2) is 53.2 Å². The van der Waals surface area contributed by atoms with Crippen LogP contribution in [0, 0.1) is 0 Å². The first kappa shape index (κ1) is 21.1. The smallest absolute Gasteiger partial charge is 0.261 e. The average Bonchev–Trinajstić information content (AvgIpc) is 3.36. The number of rotatable bonds is 6. The Labute approximate surface area is 181 Å². The Kier molecular flexibility index (Phi) is 6.04. The first-order valence-corrected chi connectivity index (χ1v) is 10.6. The number of nitrogens with one attached hydrogen (secondary N) is 1. The van der Waals surface area contributed by atoms with E-state index in [-0.39, 0.29) is 30.0 Å². The van der Waals surface area contributed by atoms with Gasteiger partial charge in [-0.25, -0.2) is 0 Å². The zero-order chi connectivity index (χ0) is 22.0. The second-order valence-electron chi connectivity index (χ2n) is 8.37. The Morgan fingerprint density at radius 1 is 1.13 bits per heavy atom. The number of hydrogen-bond donors (Lipinski definition) is 1. The molecule has 1 aromatic heterocycles. The molecule has 0 saturated carbocycles. The third-order valence-corrected chi connectivity index (χ3v) is 5.81. The van der Waals surface area contributed by atoms with Crippen molar-refractivity contribution in [1.29, 1.82) is 0 Å². The minimum Gasteiger partial charge on any atom is -0.467 e. The number of nitrogens with zero attached hydrogens (tertiary/aromatic N) is 2. The summed E-state index contributed by atoms with van der Waals surface area (Å²) in [6.45, 7) is 7.09. The van der Waals surface area contributed by atoms with Crippen molar-refractivity contribution < 1.29 is 18.8 Å². The van der Waals surface area contributed by atoms with E-state index in [1.54, 1.807) is 24.3 Å². The number of likely N-dealkylation sites (tertiary alicyclic amines) is 1. The number of carbonyl (C=O) groups excluding carboxylic acids is 3. The predicted molar refractivity (Wildman–Crippen MR) is 116 cm³/mol. The van der Waals surface area contributed by atoms with Crippen LogP contribution in [0.3, 0.4) is 0 Å². The van der Waals surface area contributed by atoms with Gasteiger partial charge in [0.05, 0.1) is 23.9 Å². The lowest BCUT2D eigenvalue weighted by atomic mass is 10.0. The van der Waals surface area contributed by atoms with Crippen LogP contribution < -0.4 is 5.32 Å². The summed E-state index contributed by atoms with van der Waals surface area (Å²) in [4.78, 5) is 41.7. The Morgan fingerprint density at radius 3 is 2.55 bits per heavy atom. The molecular formula is C24H27N3O4. The van der Waals surface area contributed by atoms with Crippen molar-refractivity contribution in [2.24, 2.45) is 0 Å². The number of imide groups is 1. The molecule has 31 heavy (non-hydrogen) atoms. The molecule has 1 fully saturated rings. The molecular weight excluding hydrogens is 394 g/mol. The highest BCUT2D eigenvalue weighted by molar-refractivity contribution is 6.22. The van der Waals surface area contributed by atoms with Crippen molar-refractivity contribution in [3.63, 3.8) is 0 Å². The van der Waals surface area contributed by atoms with Crippen LogP contribution >= 0.6 is 0 Å². The summed E-state index contributed by atoms with van der Waals surface area (Å²) in [5.41, 5.74) is 2.29. The minimum atomic E-state index is -0.404. The van der Waals surface area contributed by atoms with E-state index < -0.39 is 5.91 Å². The molecule has 0 atom stereocenters. The van der Waals surface area contributed by atoms with E-state index in [0.29, 0.717) is 16.9 Å². The van der Waals surface area contributed by atoms with Crippen LogP contribution in [0.25, 0.3) is 0 Å². The maximum atomic E-state index is 12.8. The molecule has 2 aromatic rings. The fourth-order valence-electron chi connectivity index (χ4n) is 3.97. The summed E-state index contributed by atoms with van der Waals surface area (Å²) in [5.74, 6) is -0.454. The molecule has 1 saturated heterocycles. The number of allylic oxidation sites excluding steroid dienone is 1. The van der Waals surface area contributed by atoms with Gasteiger partial charge in [0.25, 0.3) is 17.7 Å². The second kappa shape index (κ2) is 8.89. The van der Waals surface area contributed by atoms with Crippen LogP contribution in [0.5, 0.6) is 0 Å². The van der Waals surface area contributed by atoms with Gasteiger partial charge in [0.2, 0.25) is 0 Å². The van der Waals surface area contributed by atoms with Gasteiger partial charge in [0.1, 0.15) is 5.76 Å². The van der Waals surface area contributed by atoms with Crippen molar-refractivity contribution in [2.75, 3.05) is 19.6 Å². The van der Waals surface area contributed by atoms with Crippen LogP contribution in [0.15, 0.2) is 52.7 Å². The van der Waals surface area contributed by atoms with Gasteiger partial charge in [-0.05, 0) is 57.0 Å². The lowest BCUT2D eigenvalue weighted by molar-refractivity contribution is 0.0631. The first-order valence-electron chi connectivity index (χ1n) is 10.6. The second-order valence-corrected chi connectivity index (χ2v) is 8.37. The number of fused-ring (bicyclic) bond motifs is 1. The number of amides is 3. The molecule has 3 amide bonds. The van der Waals surface area contributed by atoms with Gasteiger partial charge in [-0.3, -0.25) is 24.2 Å². The molecule has 0 spiro atoms. The number of carbonyl (C=O) groups is 3. The van der Waals surface area contributed by atoms with Gasteiger partial charge in [-0.15, -0.1) is 0 Å². The Bertz CT molecular complexity index is 1010. The Morgan fingerprint density at radius 2 is 1.87 bits per heavy atom. The van der Waals surface area contributed by atoms with E-state index in [2.05, 4.69) is 30.1 Å². The lowest BCUT2D eigenvalue weighted by Gasteiger charge is -2.31. The van der Waals surface area contributed by atoms with E-state index in [1.807, 2.05) is 0 Å². The van der Waals surface area contributed by atoms with E-state index in [1.165, 1.54) is 17.9 Å². The molecule has 1 aromatic carbocycles. The third kappa shape index (κ3) is 4.61. The molecule has 0 aliphatic carbocycles. The van der Waals surface area contributed by atoms with E-state index in [9.17, 15) is 14.4 Å². The molecule has 7 heteroatoms. The van der Waals surface area contributed by atoms with Gasteiger partial charge in [-0.2, -0.15) is 0 Å². The molecule has 2 aliphatic rings. The standard InChI is InChI=1S/C24H27N3O4/c1-16(2)7-10-26-11-8-18(9-12-26)25-22(28)17-5-6-20-21(14-17)24(30)27(23(20)29)15-19-4-3-13-31-19/h3-7,13-14,18H,8-12,15H2,1-2H3,(H,25,28). The van der Waals surface area contributed by atoms with Crippen LogP contribution in [0.2, 0.25) is 0 Å². The van der Waals surface area contributed by atoms with Crippen LogP contribution in [0.4, 0.5) is 0 Å². The summed E-state index contributed by atoms with van der Waals surface area (Å²) in [6, 6.07) is 8.23. The predicted octanol–water partition coefficient (Wildman–Crippen LogP) is 3.24. The summed E-state index contributed by atoms with van der Waals surface area (Å²) in [5, 5.41) is 3.08. The maximum Gasteiger partial charge on any atom is 0.261 e. The normalized spacial score (nSPS) is 17.0. The molecule has 0 unspecified atom stereocenters. The molecule has 7 nitrogen and oxygen atoms in total. The largest absolute Gasteiger partial charge is 0.467 e. The van der Waals surface area contributed by atoms with Gasteiger partial charge in [0, 0.05) is 31.2 Å². The fourth-order valence-corrected chi connectivity index (χ4v) is 3.97. The maximum absolute atomic E-state index is 12.8. The monoisotopic (exact) mass is 421 g/mol. The number of hydrogen-bond acceptors (Lipinski definition) is 5. The molecule has 2 aliphatic heterocycles. The van der Waals surface area contributed by atoms with Crippen LogP contribution in [-0.2, 0) is 6.54 Å². The zero-order valence-electron chi connectivity index (χ0n) is 17.9. The van der Waals surface area contributed by atoms with Gasteiger partial charge >= 0.3 is 0 Å². The summed E-state index contributed by atoms with van der Waals surface area (Å²) < 4.78 is 5.26. The quantitative estimate of drug-likeness (QED) is 0.572. The van der Waals surface area contributed by atoms with E-state index >= 15 is 0 Å². The number of piperidine rings is 1. The Balaban J connectivity index is 1.38. The van der Waals surface area contributed by atoms with Crippen molar-refractivity contribution in [3.05, 3.63) is 70.7 Å². The molecule has 4 rings (SSSR count). The SMILES string of the molecule is CC(C)=CCN1CCC(NC(=O)c2ccc3c(c2)C(=O)N(Cc2ccco2)C3=O)CC1. The van der Waals surface area contributed by atoms with E-state index in [4.69, 9.17) is 4.42 Å². The van der Waals surface area contributed by atoms with Crippen molar-refractivity contribution in [2.45, 2.75) is 39.3 Å². The summed E-state index contributed by atoms with van der Waals surface area (Å²) in [6.07, 6.45) is 5.50. The Hall–Kier alpha value is -3.19. The number of furan rings is 1. The van der Waals surface area contributed by atoms with Crippen molar-refractivity contribution in [1.82, 2.24) is 15.1 Å². The molecule has 0 radical (unpaired) electrons. The summed E-state index contributed by atoms with van der Waals surface area (Å²) >= 11 is 0. The van der Waals surface area contributed by atoms with Crippen molar-refractivity contribution >= 4 is 17.7 Å². The van der Waals surface area contributed by atoms with Gasteiger partial charge in [-0.1, -0.05) is 11.6 Å². The topological polar surface area (TPSA) is 82.9 Å². The number of benzene rings is 1. The molecule has 162 valence electrons. The summed E-state index contributed by atoms with van der Waals surface area (Å²) in [7, 11) is 0. The van der Waals surface area contributed by atoms with Crippen molar-refractivity contribution in [3.8, 4) is 0 Å². The van der Waals surface area contributed by atoms with E-state index in [0.717, 1.165) is 37.4 Å². The molecule has 0 bridgehead atoms. The highest BCUT2D eigenvalue weighted by Gasteiger charge is 2.36. The average molecular weight is 421 g/mol. The van der Waals surface area contributed by atoms with Gasteiger partial charge in [0.15, 0.2) is 0 Å². The fraction of sp³-hybridized carbons (Fsp3) is 0.375. The van der Waals surface area contributed by atoms with Gasteiger partial charge < -0.3 is 9.73 Å². The molecule has 3 heterocycles. The van der Waals surface area contributed by atoms with Crippen LogP contribution in [0.1, 0.15) is 63.5 Å². The zero-order valence-corrected chi connectivity index (χ0v) is 17.9.